The summed E-state index contributed by atoms with van der Waals surface area (Å²) < 4.78 is 40.2. The van der Waals surface area contributed by atoms with Crippen LogP contribution in [0.1, 0.15) is 18.1 Å². The van der Waals surface area contributed by atoms with Gasteiger partial charge in [0, 0.05) is 17.2 Å². The minimum absolute atomic E-state index is 0.127. The molecule has 100 valence electrons. The Morgan fingerprint density at radius 1 is 1.00 bits per heavy atom. The summed E-state index contributed by atoms with van der Waals surface area (Å²) in [5.74, 6) is -1.77. The van der Waals surface area contributed by atoms with Crippen LogP contribution in [-0.2, 0) is 12.0 Å². The minimum atomic E-state index is -1.11. The molecular formula is C15H14F3N. The van der Waals surface area contributed by atoms with Gasteiger partial charge in [0.25, 0.3) is 0 Å². The highest BCUT2D eigenvalue weighted by Crippen LogP contribution is 2.26. The van der Waals surface area contributed by atoms with Crippen LogP contribution in [0.15, 0.2) is 42.5 Å². The minimum Gasteiger partial charge on any atom is -0.321 e. The van der Waals surface area contributed by atoms with Crippen LogP contribution in [0.5, 0.6) is 0 Å². The molecule has 0 amide bonds. The highest BCUT2D eigenvalue weighted by Gasteiger charge is 2.26. The van der Waals surface area contributed by atoms with Crippen LogP contribution >= 0.6 is 0 Å². The van der Waals surface area contributed by atoms with E-state index in [1.54, 1.807) is 25.1 Å². The van der Waals surface area contributed by atoms with Crippen LogP contribution in [-0.4, -0.2) is 0 Å². The van der Waals surface area contributed by atoms with E-state index in [0.717, 1.165) is 12.1 Å². The number of rotatable bonds is 3. The second-order valence-electron chi connectivity index (χ2n) is 4.81. The lowest BCUT2D eigenvalue weighted by molar-refractivity contribution is 0.443. The van der Waals surface area contributed by atoms with Crippen molar-refractivity contribution in [1.82, 2.24) is 0 Å². The molecule has 2 aromatic carbocycles. The number of hydrogen-bond donors (Lipinski definition) is 1. The van der Waals surface area contributed by atoms with Gasteiger partial charge in [-0.3, -0.25) is 0 Å². The molecule has 2 N–H and O–H groups in total. The van der Waals surface area contributed by atoms with Gasteiger partial charge in [-0.1, -0.05) is 24.3 Å². The van der Waals surface area contributed by atoms with Crippen LogP contribution in [0.25, 0.3) is 0 Å². The van der Waals surface area contributed by atoms with Crippen molar-refractivity contribution in [2.45, 2.75) is 18.9 Å². The van der Waals surface area contributed by atoms with E-state index in [9.17, 15) is 13.2 Å². The van der Waals surface area contributed by atoms with Gasteiger partial charge >= 0.3 is 0 Å². The Bertz CT molecular complexity index is 594. The number of halogens is 3. The molecule has 0 fully saturated rings. The smallest absolute Gasteiger partial charge is 0.131 e. The number of nitrogens with two attached hydrogens (primary N) is 1. The third-order valence-corrected chi connectivity index (χ3v) is 3.06. The Balaban J connectivity index is 2.35. The van der Waals surface area contributed by atoms with Gasteiger partial charge in [-0.15, -0.1) is 0 Å². The van der Waals surface area contributed by atoms with E-state index in [0.29, 0.717) is 5.56 Å². The van der Waals surface area contributed by atoms with Gasteiger partial charge in [0.05, 0.1) is 0 Å². The molecule has 2 aromatic rings. The zero-order chi connectivity index (χ0) is 14.0. The Labute approximate surface area is 109 Å². The molecule has 0 aliphatic carbocycles. The second-order valence-corrected chi connectivity index (χ2v) is 4.81. The first kappa shape index (κ1) is 13.6. The average molecular weight is 265 g/mol. The van der Waals surface area contributed by atoms with E-state index in [-0.39, 0.29) is 17.8 Å². The molecule has 0 aliphatic rings. The summed E-state index contributed by atoms with van der Waals surface area (Å²) in [5, 5.41) is 0. The van der Waals surface area contributed by atoms with Crippen molar-refractivity contribution < 1.29 is 13.2 Å². The van der Waals surface area contributed by atoms with E-state index in [1.165, 1.54) is 12.1 Å². The predicted octanol–water partition coefficient (Wildman–Crippen LogP) is 3.52. The van der Waals surface area contributed by atoms with Crippen LogP contribution in [0.3, 0.4) is 0 Å². The van der Waals surface area contributed by atoms with Crippen molar-refractivity contribution in [3.63, 3.8) is 0 Å². The normalized spacial score (nSPS) is 14.2. The molecule has 0 saturated heterocycles. The van der Waals surface area contributed by atoms with Gasteiger partial charge in [0.15, 0.2) is 0 Å². The molecule has 19 heavy (non-hydrogen) atoms. The van der Waals surface area contributed by atoms with Gasteiger partial charge in [-0.25, -0.2) is 13.2 Å². The third kappa shape index (κ3) is 2.96. The van der Waals surface area contributed by atoms with Gasteiger partial charge in [0.1, 0.15) is 17.5 Å². The molecule has 0 saturated carbocycles. The quantitative estimate of drug-likeness (QED) is 0.902. The average Bonchev–Trinajstić information content (AvgIpc) is 2.31. The van der Waals surface area contributed by atoms with E-state index >= 15 is 0 Å². The first-order valence-corrected chi connectivity index (χ1v) is 5.88. The molecule has 1 unspecified atom stereocenters. The molecule has 0 heterocycles. The number of benzene rings is 2. The maximum Gasteiger partial charge on any atom is 0.131 e. The molecule has 2 rings (SSSR count). The van der Waals surface area contributed by atoms with E-state index in [4.69, 9.17) is 5.73 Å². The van der Waals surface area contributed by atoms with E-state index in [2.05, 4.69) is 0 Å². The van der Waals surface area contributed by atoms with Crippen molar-refractivity contribution in [2.75, 3.05) is 0 Å². The van der Waals surface area contributed by atoms with Crippen molar-refractivity contribution in [3.05, 3.63) is 71.0 Å². The van der Waals surface area contributed by atoms with Gasteiger partial charge in [-0.2, -0.15) is 0 Å². The molecule has 0 aliphatic heterocycles. The fourth-order valence-corrected chi connectivity index (χ4v) is 2.09. The highest BCUT2D eigenvalue weighted by atomic mass is 19.1. The molecule has 1 nitrogen and oxygen atoms in total. The van der Waals surface area contributed by atoms with Crippen molar-refractivity contribution >= 4 is 0 Å². The van der Waals surface area contributed by atoms with Gasteiger partial charge < -0.3 is 5.73 Å². The molecule has 0 spiro atoms. The SMILES string of the molecule is CC(N)(Cc1ccccc1F)c1ccc(F)cc1F. The van der Waals surface area contributed by atoms with Gasteiger partial charge in [-0.05, 0) is 31.0 Å². The summed E-state index contributed by atoms with van der Waals surface area (Å²) in [6.07, 6.45) is 0.127. The Morgan fingerprint density at radius 2 is 1.68 bits per heavy atom. The lowest BCUT2D eigenvalue weighted by atomic mass is 9.86. The first-order chi connectivity index (χ1) is 8.90. The van der Waals surface area contributed by atoms with Crippen molar-refractivity contribution in [2.24, 2.45) is 5.73 Å². The fourth-order valence-electron chi connectivity index (χ4n) is 2.09. The van der Waals surface area contributed by atoms with Crippen LogP contribution < -0.4 is 5.73 Å². The Kier molecular flexibility index (Phi) is 3.62. The maximum atomic E-state index is 13.7. The molecule has 0 aromatic heterocycles. The topological polar surface area (TPSA) is 26.0 Å². The van der Waals surface area contributed by atoms with Crippen molar-refractivity contribution in [3.8, 4) is 0 Å². The summed E-state index contributed by atoms with van der Waals surface area (Å²) in [6.45, 7) is 1.59. The fraction of sp³-hybridized carbons (Fsp3) is 0.200. The zero-order valence-corrected chi connectivity index (χ0v) is 10.5. The lowest BCUT2D eigenvalue weighted by Gasteiger charge is -2.26. The predicted molar refractivity (Wildman–Crippen MR) is 68.0 cm³/mol. The largest absolute Gasteiger partial charge is 0.321 e. The van der Waals surface area contributed by atoms with Gasteiger partial charge in [0.2, 0.25) is 0 Å². The Morgan fingerprint density at radius 3 is 2.32 bits per heavy atom. The van der Waals surface area contributed by atoms with Crippen molar-refractivity contribution in [1.29, 1.82) is 0 Å². The summed E-state index contributed by atoms with van der Waals surface area (Å²) in [7, 11) is 0. The summed E-state index contributed by atoms with van der Waals surface area (Å²) >= 11 is 0. The zero-order valence-electron chi connectivity index (χ0n) is 10.5. The number of hydrogen-bond acceptors (Lipinski definition) is 1. The van der Waals surface area contributed by atoms with Crippen LogP contribution in [0.2, 0.25) is 0 Å². The monoisotopic (exact) mass is 265 g/mol. The van der Waals surface area contributed by atoms with Crippen LogP contribution in [0, 0.1) is 17.5 Å². The summed E-state index contributed by atoms with van der Waals surface area (Å²) in [4.78, 5) is 0. The molecule has 1 atom stereocenters. The molecular weight excluding hydrogens is 251 g/mol. The first-order valence-electron chi connectivity index (χ1n) is 5.88. The standard InChI is InChI=1S/C15H14F3N/c1-15(19,9-10-4-2-3-5-13(10)17)12-7-6-11(16)8-14(12)18/h2-8H,9,19H2,1H3. The summed E-state index contributed by atoms with van der Waals surface area (Å²) in [5.41, 5.74) is 5.51. The molecule has 0 bridgehead atoms. The molecule has 0 radical (unpaired) electrons. The van der Waals surface area contributed by atoms with E-state index in [1.807, 2.05) is 0 Å². The Hall–Kier alpha value is -1.81. The van der Waals surface area contributed by atoms with Crippen LogP contribution in [0.4, 0.5) is 13.2 Å². The third-order valence-electron chi connectivity index (χ3n) is 3.06. The second kappa shape index (κ2) is 5.05. The maximum absolute atomic E-state index is 13.7. The molecule has 4 heteroatoms. The lowest BCUT2D eigenvalue weighted by Crippen LogP contribution is -2.36. The van der Waals surface area contributed by atoms with E-state index < -0.39 is 17.2 Å². The highest BCUT2D eigenvalue weighted by molar-refractivity contribution is 5.29. The summed E-state index contributed by atoms with van der Waals surface area (Å²) in [6, 6.07) is 9.41.